The van der Waals surface area contributed by atoms with Crippen LogP contribution in [0.2, 0.25) is 0 Å². The summed E-state index contributed by atoms with van der Waals surface area (Å²) in [5, 5.41) is 0. The topological polar surface area (TPSA) is 35.2 Å². The van der Waals surface area contributed by atoms with E-state index in [1.54, 1.807) is 0 Å². The Morgan fingerprint density at radius 1 is 0.947 bits per heavy atom. The maximum Gasteiger partial charge on any atom is 0.435 e. The van der Waals surface area contributed by atoms with Crippen LogP contribution in [0, 0.1) is 0 Å². The number of ether oxygens (including phenoxy) is 1. The Labute approximate surface area is 103 Å². The van der Waals surface area contributed by atoms with Crippen molar-refractivity contribution in [2.24, 2.45) is 0 Å². The zero-order valence-corrected chi connectivity index (χ0v) is 9.36. The second kappa shape index (κ2) is 4.46. The van der Waals surface area contributed by atoms with Crippen LogP contribution in [0.25, 0.3) is 0 Å². The summed E-state index contributed by atoms with van der Waals surface area (Å²) in [4.78, 5) is 0. The van der Waals surface area contributed by atoms with Crippen LogP contribution in [0.4, 0.5) is 36.4 Å². The summed E-state index contributed by atoms with van der Waals surface area (Å²) in [7, 11) is 0.983. The van der Waals surface area contributed by atoms with Crippen LogP contribution < -0.4 is 10.5 Å². The highest BCUT2D eigenvalue weighted by Gasteiger charge is 2.73. The first-order valence-electron chi connectivity index (χ1n) is 4.71. The molecule has 19 heavy (non-hydrogen) atoms. The van der Waals surface area contributed by atoms with Crippen molar-refractivity contribution in [3.05, 3.63) is 23.8 Å². The standard InChI is InChI=1S/C10H8F7NO/c1-19-7-4-5(2-3-6(7)18)8(11,9(12,13)14)10(15,16)17/h2-4H,18H2,1H3. The number of hydrogen-bond donors (Lipinski definition) is 1. The van der Waals surface area contributed by atoms with Gasteiger partial charge in [-0.15, -0.1) is 0 Å². The lowest BCUT2D eigenvalue weighted by Crippen LogP contribution is -2.50. The van der Waals surface area contributed by atoms with Gasteiger partial charge in [-0.1, -0.05) is 6.07 Å². The van der Waals surface area contributed by atoms with Gasteiger partial charge in [0.2, 0.25) is 0 Å². The molecule has 9 heteroatoms. The molecule has 0 radical (unpaired) electrons. The molecule has 2 nitrogen and oxygen atoms in total. The Morgan fingerprint density at radius 2 is 1.42 bits per heavy atom. The summed E-state index contributed by atoms with van der Waals surface area (Å²) in [5.41, 5.74) is -2.08. The number of alkyl halides is 7. The van der Waals surface area contributed by atoms with E-state index in [0.29, 0.717) is 12.1 Å². The van der Waals surface area contributed by atoms with Gasteiger partial charge in [0.1, 0.15) is 5.75 Å². The van der Waals surface area contributed by atoms with Crippen LogP contribution in [0.3, 0.4) is 0 Å². The van der Waals surface area contributed by atoms with Crippen molar-refractivity contribution in [1.82, 2.24) is 0 Å². The van der Waals surface area contributed by atoms with Gasteiger partial charge in [0, 0.05) is 5.56 Å². The molecule has 0 heterocycles. The van der Waals surface area contributed by atoms with Gasteiger partial charge in [0.15, 0.2) is 0 Å². The van der Waals surface area contributed by atoms with E-state index in [4.69, 9.17) is 5.73 Å². The van der Waals surface area contributed by atoms with Gasteiger partial charge in [0.05, 0.1) is 12.8 Å². The van der Waals surface area contributed by atoms with Crippen LogP contribution in [-0.4, -0.2) is 19.5 Å². The molecule has 2 N–H and O–H groups in total. The van der Waals surface area contributed by atoms with E-state index in [1.807, 2.05) is 0 Å². The second-order valence-corrected chi connectivity index (χ2v) is 3.61. The maximum atomic E-state index is 13.6. The quantitative estimate of drug-likeness (QED) is 0.668. The molecular formula is C10H8F7NO. The van der Waals surface area contributed by atoms with E-state index >= 15 is 0 Å². The van der Waals surface area contributed by atoms with Crippen LogP contribution in [0.1, 0.15) is 5.56 Å². The molecule has 1 aromatic rings. The molecule has 0 bridgehead atoms. The third-order valence-electron chi connectivity index (χ3n) is 2.41. The van der Waals surface area contributed by atoms with E-state index in [9.17, 15) is 30.7 Å². The molecule has 1 rings (SSSR count). The van der Waals surface area contributed by atoms with Crippen molar-refractivity contribution in [1.29, 1.82) is 0 Å². The fraction of sp³-hybridized carbons (Fsp3) is 0.400. The van der Waals surface area contributed by atoms with Gasteiger partial charge in [-0.25, -0.2) is 4.39 Å². The highest BCUT2D eigenvalue weighted by Crippen LogP contribution is 2.53. The first kappa shape index (κ1) is 15.4. The summed E-state index contributed by atoms with van der Waals surface area (Å²) < 4.78 is 92.9. The molecule has 0 aliphatic carbocycles. The van der Waals surface area contributed by atoms with Crippen LogP contribution >= 0.6 is 0 Å². The van der Waals surface area contributed by atoms with E-state index in [2.05, 4.69) is 4.74 Å². The summed E-state index contributed by atoms with van der Waals surface area (Å²) in [6.45, 7) is 0. The lowest BCUT2D eigenvalue weighted by Gasteiger charge is -2.30. The van der Waals surface area contributed by atoms with E-state index in [1.165, 1.54) is 0 Å². The molecule has 0 unspecified atom stereocenters. The van der Waals surface area contributed by atoms with Gasteiger partial charge in [-0.2, -0.15) is 26.3 Å². The van der Waals surface area contributed by atoms with E-state index in [-0.39, 0.29) is 11.8 Å². The molecule has 0 amide bonds. The zero-order valence-electron chi connectivity index (χ0n) is 9.36. The predicted molar refractivity (Wildman–Crippen MR) is 52.3 cm³/mol. The zero-order chi connectivity index (χ0) is 15.1. The monoisotopic (exact) mass is 291 g/mol. The molecule has 0 saturated heterocycles. The van der Waals surface area contributed by atoms with Crippen molar-refractivity contribution in [3.63, 3.8) is 0 Å². The fourth-order valence-corrected chi connectivity index (χ4v) is 1.41. The number of methoxy groups -OCH3 is 1. The van der Waals surface area contributed by atoms with Crippen molar-refractivity contribution >= 4 is 5.69 Å². The number of benzene rings is 1. The average Bonchev–Trinajstić information content (AvgIpc) is 2.25. The Morgan fingerprint density at radius 3 is 1.79 bits per heavy atom. The summed E-state index contributed by atoms with van der Waals surface area (Å²) in [6, 6.07) is 1.30. The minimum atomic E-state index is -6.16. The molecule has 0 saturated carbocycles. The Hall–Kier alpha value is -1.67. The van der Waals surface area contributed by atoms with Crippen LogP contribution in [-0.2, 0) is 5.67 Å². The summed E-state index contributed by atoms with van der Waals surface area (Å²) in [6.07, 6.45) is -12.3. The molecule has 108 valence electrons. The number of rotatable bonds is 2. The van der Waals surface area contributed by atoms with Gasteiger partial charge in [0.25, 0.3) is 0 Å². The molecule has 0 aromatic heterocycles. The van der Waals surface area contributed by atoms with Crippen molar-refractivity contribution in [2.75, 3.05) is 12.8 Å². The maximum absolute atomic E-state index is 13.6. The molecule has 0 aliphatic heterocycles. The van der Waals surface area contributed by atoms with Crippen molar-refractivity contribution in [2.45, 2.75) is 18.0 Å². The van der Waals surface area contributed by atoms with E-state index in [0.717, 1.165) is 7.11 Å². The smallest absolute Gasteiger partial charge is 0.435 e. The van der Waals surface area contributed by atoms with Gasteiger partial charge in [-0.3, -0.25) is 0 Å². The van der Waals surface area contributed by atoms with Crippen LogP contribution in [0.15, 0.2) is 18.2 Å². The number of hydrogen-bond acceptors (Lipinski definition) is 2. The molecule has 0 aliphatic rings. The normalized spacial score (nSPS) is 13.5. The minimum absolute atomic E-state index is 0.210. The van der Waals surface area contributed by atoms with E-state index < -0.39 is 29.3 Å². The average molecular weight is 291 g/mol. The van der Waals surface area contributed by atoms with Crippen molar-refractivity contribution < 1.29 is 35.5 Å². The summed E-state index contributed by atoms with van der Waals surface area (Å²) >= 11 is 0. The second-order valence-electron chi connectivity index (χ2n) is 3.61. The highest BCUT2D eigenvalue weighted by atomic mass is 19.4. The van der Waals surface area contributed by atoms with Crippen LogP contribution in [0.5, 0.6) is 5.75 Å². The Balaban J connectivity index is 3.52. The predicted octanol–water partition coefficient (Wildman–Crippen LogP) is 3.57. The molecule has 0 fully saturated rings. The molecule has 1 aromatic carbocycles. The number of nitrogen functional groups attached to an aromatic ring is 1. The van der Waals surface area contributed by atoms with Gasteiger partial charge >= 0.3 is 18.0 Å². The number of nitrogens with two attached hydrogens (primary N) is 1. The number of halogens is 7. The summed E-state index contributed by atoms with van der Waals surface area (Å²) in [5.74, 6) is -0.479. The molecule has 0 spiro atoms. The van der Waals surface area contributed by atoms with Crippen molar-refractivity contribution in [3.8, 4) is 5.75 Å². The molecular weight excluding hydrogens is 283 g/mol. The Bertz CT molecular complexity index is 452. The minimum Gasteiger partial charge on any atom is -0.495 e. The molecule has 0 atom stereocenters. The largest absolute Gasteiger partial charge is 0.495 e. The lowest BCUT2D eigenvalue weighted by atomic mass is 9.93. The first-order chi connectivity index (χ1) is 8.45. The van der Waals surface area contributed by atoms with Gasteiger partial charge in [-0.05, 0) is 12.1 Å². The van der Waals surface area contributed by atoms with Gasteiger partial charge < -0.3 is 10.5 Å². The lowest BCUT2D eigenvalue weighted by molar-refractivity contribution is -0.348. The number of anilines is 1. The first-order valence-corrected chi connectivity index (χ1v) is 4.71. The Kier molecular flexibility index (Phi) is 3.61. The third kappa shape index (κ3) is 2.41. The SMILES string of the molecule is COc1cc(C(F)(C(F)(F)F)C(F)(F)F)ccc1N. The fourth-order valence-electron chi connectivity index (χ4n) is 1.41. The highest BCUT2D eigenvalue weighted by molar-refractivity contribution is 5.55. The third-order valence-corrected chi connectivity index (χ3v) is 2.41.